The summed E-state index contributed by atoms with van der Waals surface area (Å²) in [6.07, 6.45) is 1.90. The zero-order chi connectivity index (χ0) is 11.5. The van der Waals surface area contributed by atoms with Crippen LogP contribution < -0.4 is 0 Å². The Morgan fingerprint density at radius 1 is 1.56 bits per heavy atom. The Kier molecular flexibility index (Phi) is 3.91. The molecular formula is C10H15N3OS2. The van der Waals surface area contributed by atoms with E-state index in [-0.39, 0.29) is 11.0 Å². The summed E-state index contributed by atoms with van der Waals surface area (Å²) in [5.74, 6) is 3.26. The molecule has 0 radical (unpaired) electrons. The lowest BCUT2D eigenvalue weighted by atomic mass is 10.1. The maximum atomic E-state index is 12.1. The number of hydrogen-bond acceptors (Lipinski definition) is 5. The Morgan fingerprint density at radius 2 is 2.31 bits per heavy atom. The van der Waals surface area contributed by atoms with Crippen molar-refractivity contribution in [1.29, 1.82) is 0 Å². The molecule has 1 aromatic rings. The quantitative estimate of drug-likeness (QED) is 0.813. The number of aromatic nitrogens is 3. The summed E-state index contributed by atoms with van der Waals surface area (Å²) in [7, 11) is 1.82. The first-order chi connectivity index (χ1) is 7.68. The molecule has 0 N–H and O–H groups in total. The highest BCUT2D eigenvalue weighted by Gasteiger charge is 2.29. The molecule has 1 aromatic heterocycles. The van der Waals surface area contributed by atoms with E-state index in [0.29, 0.717) is 11.7 Å². The van der Waals surface area contributed by atoms with Crippen molar-refractivity contribution in [3.63, 3.8) is 0 Å². The molecule has 0 saturated carbocycles. The monoisotopic (exact) mass is 257 g/mol. The summed E-state index contributed by atoms with van der Waals surface area (Å²) in [5, 5.41) is 4.51. The zero-order valence-corrected chi connectivity index (χ0v) is 11.1. The third-order valence-electron chi connectivity index (χ3n) is 2.64. The minimum Gasteiger partial charge on any atom is -0.298 e. The Balaban J connectivity index is 2.00. The van der Waals surface area contributed by atoms with Crippen LogP contribution in [0.15, 0.2) is 6.33 Å². The van der Waals surface area contributed by atoms with Gasteiger partial charge in [0.05, 0.1) is 11.7 Å². The summed E-state index contributed by atoms with van der Waals surface area (Å²) >= 11 is 3.67. The van der Waals surface area contributed by atoms with E-state index in [1.165, 1.54) is 6.33 Å². The highest BCUT2D eigenvalue weighted by Crippen LogP contribution is 2.31. The van der Waals surface area contributed by atoms with E-state index < -0.39 is 0 Å². The molecule has 2 heterocycles. The summed E-state index contributed by atoms with van der Waals surface area (Å²) in [5.41, 5.74) is 0. The summed E-state index contributed by atoms with van der Waals surface area (Å²) in [4.78, 5) is 16.2. The molecule has 1 aliphatic heterocycles. The normalized spacial score (nSPS) is 25.6. The summed E-state index contributed by atoms with van der Waals surface area (Å²) < 4.78 is 1.67. The number of aryl methyl sites for hydroxylation is 1. The lowest BCUT2D eigenvalue weighted by Crippen LogP contribution is -2.32. The van der Waals surface area contributed by atoms with Crippen LogP contribution in [0.5, 0.6) is 0 Å². The highest BCUT2D eigenvalue weighted by atomic mass is 32.2. The van der Waals surface area contributed by atoms with E-state index in [1.54, 1.807) is 16.4 Å². The molecule has 0 amide bonds. The lowest BCUT2D eigenvalue weighted by Gasteiger charge is -2.26. The van der Waals surface area contributed by atoms with Crippen molar-refractivity contribution in [2.75, 3.05) is 11.5 Å². The van der Waals surface area contributed by atoms with E-state index in [4.69, 9.17) is 0 Å². The van der Waals surface area contributed by atoms with Crippen LogP contribution in [0, 0.1) is 0 Å². The summed E-state index contributed by atoms with van der Waals surface area (Å²) in [6, 6.07) is 0. The topological polar surface area (TPSA) is 47.8 Å². The fraction of sp³-hybridized carbons (Fsp3) is 0.700. The van der Waals surface area contributed by atoms with Crippen LogP contribution in [0.3, 0.4) is 0 Å². The van der Waals surface area contributed by atoms with Crippen molar-refractivity contribution < 1.29 is 4.79 Å². The number of nitrogens with zero attached hydrogens (tertiary/aromatic N) is 3. The molecule has 1 fully saturated rings. The molecule has 0 spiro atoms. The van der Waals surface area contributed by atoms with Crippen LogP contribution >= 0.6 is 23.5 Å². The van der Waals surface area contributed by atoms with Gasteiger partial charge in [0.1, 0.15) is 12.2 Å². The molecule has 4 nitrogen and oxygen atoms in total. The molecule has 2 unspecified atom stereocenters. The van der Waals surface area contributed by atoms with Gasteiger partial charge in [-0.2, -0.15) is 16.9 Å². The average molecular weight is 257 g/mol. The molecule has 2 rings (SSSR count). The summed E-state index contributed by atoms with van der Waals surface area (Å²) in [6.45, 7) is 2.13. The van der Waals surface area contributed by atoms with Gasteiger partial charge in [0.15, 0.2) is 5.78 Å². The first kappa shape index (κ1) is 12.0. The van der Waals surface area contributed by atoms with Crippen molar-refractivity contribution in [1.82, 2.24) is 14.8 Å². The van der Waals surface area contributed by atoms with Gasteiger partial charge in [0, 0.05) is 23.8 Å². The Bertz CT molecular complexity index is 380. The van der Waals surface area contributed by atoms with Crippen LogP contribution in [0.1, 0.15) is 12.7 Å². The van der Waals surface area contributed by atoms with Gasteiger partial charge in [0.2, 0.25) is 0 Å². The van der Waals surface area contributed by atoms with E-state index in [1.807, 2.05) is 18.8 Å². The second kappa shape index (κ2) is 5.23. The van der Waals surface area contributed by atoms with Crippen LogP contribution in [0.4, 0.5) is 0 Å². The van der Waals surface area contributed by atoms with Crippen LogP contribution in [0.2, 0.25) is 0 Å². The standard InChI is InChI=1S/C10H15N3OS2/c1-7-10(16-4-3-15-7)8(14)5-9-11-6-12-13(9)2/h6-7,10H,3-5H2,1-2H3. The molecule has 6 heteroatoms. The molecule has 0 bridgehead atoms. The van der Waals surface area contributed by atoms with Gasteiger partial charge in [-0.05, 0) is 0 Å². The fourth-order valence-corrected chi connectivity index (χ4v) is 4.46. The van der Waals surface area contributed by atoms with Gasteiger partial charge in [-0.25, -0.2) is 4.98 Å². The first-order valence-electron chi connectivity index (χ1n) is 5.27. The minimum atomic E-state index is 0.121. The van der Waals surface area contributed by atoms with Crippen molar-refractivity contribution in [2.45, 2.75) is 23.8 Å². The number of thioether (sulfide) groups is 2. The number of ketones is 1. The lowest BCUT2D eigenvalue weighted by molar-refractivity contribution is -0.118. The molecule has 16 heavy (non-hydrogen) atoms. The van der Waals surface area contributed by atoms with Gasteiger partial charge in [-0.3, -0.25) is 9.48 Å². The van der Waals surface area contributed by atoms with Crippen LogP contribution in [-0.2, 0) is 18.3 Å². The zero-order valence-electron chi connectivity index (χ0n) is 9.42. The number of Topliss-reactive ketones (excluding diaryl/α,β-unsaturated/α-hetero) is 1. The van der Waals surface area contributed by atoms with Crippen molar-refractivity contribution >= 4 is 29.3 Å². The predicted molar refractivity (Wildman–Crippen MR) is 67.9 cm³/mol. The smallest absolute Gasteiger partial charge is 0.154 e. The van der Waals surface area contributed by atoms with Gasteiger partial charge >= 0.3 is 0 Å². The van der Waals surface area contributed by atoms with Gasteiger partial charge in [-0.15, -0.1) is 11.8 Å². The van der Waals surface area contributed by atoms with Gasteiger partial charge < -0.3 is 0 Å². The highest BCUT2D eigenvalue weighted by molar-refractivity contribution is 8.07. The second-order valence-corrected chi connectivity index (χ2v) is 6.54. The molecule has 2 atom stereocenters. The average Bonchev–Trinajstić information content (AvgIpc) is 2.65. The van der Waals surface area contributed by atoms with Crippen LogP contribution in [-0.4, -0.2) is 42.6 Å². The maximum Gasteiger partial charge on any atom is 0.154 e. The predicted octanol–water partition coefficient (Wildman–Crippen LogP) is 1.16. The molecule has 88 valence electrons. The third kappa shape index (κ3) is 2.60. The van der Waals surface area contributed by atoms with E-state index in [2.05, 4.69) is 17.0 Å². The van der Waals surface area contributed by atoms with E-state index >= 15 is 0 Å². The van der Waals surface area contributed by atoms with E-state index in [9.17, 15) is 4.79 Å². The Morgan fingerprint density at radius 3 is 2.94 bits per heavy atom. The first-order valence-corrected chi connectivity index (χ1v) is 7.37. The minimum absolute atomic E-state index is 0.121. The maximum absolute atomic E-state index is 12.1. The number of carbonyl (C=O) groups excluding carboxylic acids is 1. The number of rotatable bonds is 3. The Hall–Kier alpha value is -0.490. The molecule has 0 aromatic carbocycles. The van der Waals surface area contributed by atoms with Crippen molar-refractivity contribution in [2.24, 2.45) is 7.05 Å². The third-order valence-corrected chi connectivity index (χ3v) is 5.78. The van der Waals surface area contributed by atoms with Gasteiger partial charge in [-0.1, -0.05) is 6.92 Å². The fourth-order valence-electron chi connectivity index (χ4n) is 1.72. The van der Waals surface area contributed by atoms with Crippen molar-refractivity contribution in [3.8, 4) is 0 Å². The van der Waals surface area contributed by atoms with Gasteiger partial charge in [0.25, 0.3) is 0 Å². The number of carbonyl (C=O) groups is 1. The number of hydrogen-bond donors (Lipinski definition) is 0. The van der Waals surface area contributed by atoms with Crippen molar-refractivity contribution in [3.05, 3.63) is 12.2 Å². The SMILES string of the molecule is CC1SCCSC1C(=O)Cc1ncnn1C. The van der Waals surface area contributed by atoms with E-state index in [0.717, 1.165) is 17.3 Å². The molecule has 1 saturated heterocycles. The molecular weight excluding hydrogens is 242 g/mol. The second-order valence-electron chi connectivity index (χ2n) is 3.81. The van der Waals surface area contributed by atoms with Crippen LogP contribution in [0.25, 0.3) is 0 Å². The molecule has 1 aliphatic rings. The largest absolute Gasteiger partial charge is 0.298 e. The molecule has 0 aliphatic carbocycles. The Labute approximate surface area is 104 Å².